The predicted octanol–water partition coefficient (Wildman–Crippen LogP) is 0.806. The number of carbonyl (C=O) groups is 1. The van der Waals surface area contributed by atoms with Gasteiger partial charge in [0.2, 0.25) is 5.91 Å². The van der Waals surface area contributed by atoms with E-state index >= 15 is 0 Å². The van der Waals surface area contributed by atoms with Crippen molar-refractivity contribution in [3.63, 3.8) is 0 Å². The van der Waals surface area contributed by atoms with Crippen LogP contribution in [0.2, 0.25) is 0 Å². The summed E-state index contributed by atoms with van der Waals surface area (Å²) in [5, 5.41) is 2.96. The molecule has 0 aromatic carbocycles. The zero-order chi connectivity index (χ0) is 9.68. The summed E-state index contributed by atoms with van der Waals surface area (Å²) in [5.74, 6) is 0.744. The highest BCUT2D eigenvalue weighted by Crippen LogP contribution is 2.24. The standard InChI is InChI=1S/C10H18N2O/c1-8-4-5-9(7-8)12-10(13)3-2-6-11/h2-3,8-9H,4-7,11H2,1H3,(H,12,13)/b3-2+. The molecule has 2 unspecified atom stereocenters. The van der Waals surface area contributed by atoms with Gasteiger partial charge in [-0.1, -0.05) is 13.0 Å². The number of nitrogens with one attached hydrogen (secondary N) is 1. The van der Waals surface area contributed by atoms with Gasteiger partial charge in [-0.25, -0.2) is 0 Å². The quantitative estimate of drug-likeness (QED) is 0.634. The Labute approximate surface area is 79.4 Å². The summed E-state index contributed by atoms with van der Waals surface area (Å²) < 4.78 is 0. The van der Waals surface area contributed by atoms with Crippen LogP contribution in [0.15, 0.2) is 12.2 Å². The fourth-order valence-corrected chi connectivity index (χ4v) is 1.76. The molecule has 2 atom stereocenters. The van der Waals surface area contributed by atoms with Crippen molar-refractivity contribution in [3.8, 4) is 0 Å². The molecule has 0 aliphatic heterocycles. The summed E-state index contributed by atoms with van der Waals surface area (Å²) in [6, 6.07) is 0.380. The lowest BCUT2D eigenvalue weighted by Gasteiger charge is -2.09. The molecule has 3 nitrogen and oxygen atoms in total. The zero-order valence-corrected chi connectivity index (χ0v) is 8.12. The van der Waals surface area contributed by atoms with Crippen molar-refractivity contribution in [2.45, 2.75) is 32.2 Å². The van der Waals surface area contributed by atoms with Crippen LogP contribution in [0.1, 0.15) is 26.2 Å². The minimum Gasteiger partial charge on any atom is -0.350 e. The average molecular weight is 182 g/mol. The molecule has 13 heavy (non-hydrogen) atoms. The molecule has 74 valence electrons. The summed E-state index contributed by atoms with van der Waals surface area (Å²) in [6.07, 6.45) is 6.65. The maximum absolute atomic E-state index is 11.2. The van der Waals surface area contributed by atoms with Crippen molar-refractivity contribution in [1.29, 1.82) is 0 Å². The summed E-state index contributed by atoms with van der Waals surface area (Å²) in [5.41, 5.74) is 5.24. The topological polar surface area (TPSA) is 55.1 Å². The molecule has 1 aliphatic rings. The lowest BCUT2D eigenvalue weighted by molar-refractivity contribution is -0.117. The number of amides is 1. The molecule has 0 spiro atoms. The summed E-state index contributed by atoms with van der Waals surface area (Å²) in [7, 11) is 0. The number of carbonyl (C=O) groups excluding carboxylic acids is 1. The van der Waals surface area contributed by atoms with E-state index < -0.39 is 0 Å². The first-order valence-corrected chi connectivity index (χ1v) is 4.89. The van der Waals surface area contributed by atoms with E-state index in [2.05, 4.69) is 12.2 Å². The van der Waals surface area contributed by atoms with Crippen molar-refractivity contribution in [2.75, 3.05) is 6.54 Å². The Balaban J connectivity index is 2.24. The van der Waals surface area contributed by atoms with Crippen molar-refractivity contribution in [2.24, 2.45) is 11.7 Å². The van der Waals surface area contributed by atoms with Gasteiger partial charge in [-0.3, -0.25) is 4.79 Å². The highest BCUT2D eigenvalue weighted by atomic mass is 16.1. The molecular weight excluding hydrogens is 164 g/mol. The van der Waals surface area contributed by atoms with Gasteiger partial charge in [0.15, 0.2) is 0 Å². The lowest BCUT2D eigenvalue weighted by Crippen LogP contribution is -2.31. The highest BCUT2D eigenvalue weighted by molar-refractivity contribution is 5.87. The van der Waals surface area contributed by atoms with Gasteiger partial charge in [-0.15, -0.1) is 0 Å². The Morgan fingerprint density at radius 2 is 2.38 bits per heavy atom. The van der Waals surface area contributed by atoms with Crippen LogP contribution in [0.25, 0.3) is 0 Å². The second-order valence-corrected chi connectivity index (χ2v) is 3.76. The molecule has 0 aromatic rings. The largest absolute Gasteiger partial charge is 0.350 e. The van der Waals surface area contributed by atoms with Crippen LogP contribution in [0.4, 0.5) is 0 Å². The fraction of sp³-hybridized carbons (Fsp3) is 0.700. The third kappa shape index (κ3) is 3.59. The zero-order valence-electron chi connectivity index (χ0n) is 8.12. The monoisotopic (exact) mass is 182 g/mol. The van der Waals surface area contributed by atoms with E-state index in [1.54, 1.807) is 6.08 Å². The highest BCUT2D eigenvalue weighted by Gasteiger charge is 2.21. The predicted molar refractivity (Wildman–Crippen MR) is 53.1 cm³/mol. The Bertz CT molecular complexity index is 201. The Hall–Kier alpha value is -0.830. The van der Waals surface area contributed by atoms with Gasteiger partial charge in [0.1, 0.15) is 0 Å². The minimum atomic E-state index is -0.00968. The SMILES string of the molecule is CC1CCC(NC(=O)/C=C/CN)C1. The van der Waals surface area contributed by atoms with Crippen molar-refractivity contribution >= 4 is 5.91 Å². The number of hydrogen-bond acceptors (Lipinski definition) is 2. The van der Waals surface area contributed by atoms with E-state index in [0.29, 0.717) is 12.6 Å². The van der Waals surface area contributed by atoms with Crippen LogP contribution in [0, 0.1) is 5.92 Å². The normalized spacial score (nSPS) is 28.2. The first-order chi connectivity index (χ1) is 6.22. The Morgan fingerprint density at radius 3 is 2.92 bits per heavy atom. The van der Waals surface area contributed by atoms with Crippen LogP contribution in [-0.4, -0.2) is 18.5 Å². The van der Waals surface area contributed by atoms with Gasteiger partial charge in [0.05, 0.1) is 0 Å². The van der Waals surface area contributed by atoms with Gasteiger partial charge in [0.25, 0.3) is 0 Å². The molecule has 1 saturated carbocycles. The number of nitrogens with two attached hydrogens (primary N) is 1. The smallest absolute Gasteiger partial charge is 0.243 e. The number of rotatable bonds is 3. The first kappa shape index (κ1) is 10.3. The van der Waals surface area contributed by atoms with Crippen molar-refractivity contribution in [1.82, 2.24) is 5.32 Å². The summed E-state index contributed by atoms with van der Waals surface area (Å²) in [4.78, 5) is 11.2. The molecule has 1 rings (SSSR count). The van der Waals surface area contributed by atoms with E-state index in [-0.39, 0.29) is 5.91 Å². The third-order valence-corrected chi connectivity index (χ3v) is 2.45. The van der Waals surface area contributed by atoms with Gasteiger partial charge in [-0.2, -0.15) is 0 Å². The first-order valence-electron chi connectivity index (χ1n) is 4.89. The molecule has 1 fully saturated rings. The van der Waals surface area contributed by atoms with Crippen LogP contribution in [0.3, 0.4) is 0 Å². The molecule has 0 aromatic heterocycles. The van der Waals surface area contributed by atoms with Gasteiger partial charge in [0, 0.05) is 18.7 Å². The second-order valence-electron chi connectivity index (χ2n) is 3.76. The third-order valence-electron chi connectivity index (χ3n) is 2.45. The molecule has 3 N–H and O–H groups in total. The van der Waals surface area contributed by atoms with Crippen molar-refractivity contribution < 1.29 is 4.79 Å². The van der Waals surface area contributed by atoms with Crippen LogP contribution in [0.5, 0.6) is 0 Å². The fourth-order valence-electron chi connectivity index (χ4n) is 1.76. The maximum Gasteiger partial charge on any atom is 0.243 e. The van der Waals surface area contributed by atoms with Gasteiger partial charge < -0.3 is 11.1 Å². The number of hydrogen-bond donors (Lipinski definition) is 2. The van der Waals surface area contributed by atoms with E-state index in [4.69, 9.17) is 5.73 Å². The second kappa shape index (κ2) is 5.02. The van der Waals surface area contributed by atoms with E-state index in [9.17, 15) is 4.79 Å². The van der Waals surface area contributed by atoms with E-state index in [0.717, 1.165) is 18.8 Å². The van der Waals surface area contributed by atoms with Crippen molar-refractivity contribution in [3.05, 3.63) is 12.2 Å². The molecule has 0 bridgehead atoms. The van der Waals surface area contributed by atoms with Gasteiger partial charge in [-0.05, 0) is 25.2 Å². The molecule has 0 radical (unpaired) electrons. The lowest BCUT2D eigenvalue weighted by atomic mass is 10.1. The van der Waals surface area contributed by atoms with Gasteiger partial charge >= 0.3 is 0 Å². The average Bonchev–Trinajstić information content (AvgIpc) is 2.48. The summed E-state index contributed by atoms with van der Waals surface area (Å²) in [6.45, 7) is 2.65. The van der Waals surface area contributed by atoms with Crippen LogP contribution in [-0.2, 0) is 4.79 Å². The Kier molecular flexibility index (Phi) is 3.96. The Morgan fingerprint density at radius 1 is 1.62 bits per heavy atom. The maximum atomic E-state index is 11.2. The minimum absolute atomic E-state index is 0.00968. The molecular formula is C10H18N2O. The molecule has 0 heterocycles. The van der Waals surface area contributed by atoms with Crippen LogP contribution >= 0.6 is 0 Å². The molecule has 3 heteroatoms. The molecule has 0 saturated heterocycles. The molecule has 1 aliphatic carbocycles. The molecule has 1 amide bonds. The van der Waals surface area contributed by atoms with E-state index in [1.807, 2.05) is 0 Å². The summed E-state index contributed by atoms with van der Waals surface area (Å²) >= 11 is 0. The van der Waals surface area contributed by atoms with E-state index in [1.165, 1.54) is 12.5 Å². The van der Waals surface area contributed by atoms with Crippen LogP contribution < -0.4 is 11.1 Å².